The minimum atomic E-state index is -1.19. The zero-order chi connectivity index (χ0) is 43.7. The number of rotatable bonds is 10. The summed E-state index contributed by atoms with van der Waals surface area (Å²) in [5.41, 5.74) is 2.40. The molecule has 1 aliphatic heterocycles. The van der Waals surface area contributed by atoms with Crippen molar-refractivity contribution in [1.29, 1.82) is 0 Å². The molecule has 6 N–H and O–H groups in total. The van der Waals surface area contributed by atoms with Gasteiger partial charge in [-0.05, 0) is 74.4 Å². The van der Waals surface area contributed by atoms with Gasteiger partial charge in [-0.3, -0.25) is 33.4 Å². The molecule has 16 heteroatoms. The van der Waals surface area contributed by atoms with Crippen LogP contribution in [0.3, 0.4) is 0 Å². The summed E-state index contributed by atoms with van der Waals surface area (Å²) in [6.07, 6.45) is 3.78. The third-order valence-corrected chi connectivity index (χ3v) is 10.6. The molecule has 1 aliphatic rings. The standard InChI is InChI=1S/C44H59N9O7/c1-25(2)19-35-42(57)49-36(20-29-13-15-31(60-8)16-14-29)41(56)46-28(7)40(55)50-38(26(3)4)23-52(44(59)34-17-18-53(51-34)27(5)6)24-39(54)47-37(43(58)48-35)21-30-22-45-33-12-10-9-11-32(30)33/h9-18,22,25-28,35-38,45H,19-21,23-24H2,1-8H3,(H,46,56)(H,47,54)(H,48,58)(H,49,57)(H,50,55)/t28-,35+,36+,37-,38-/m1/s1. The average Bonchev–Trinajstić information content (AvgIpc) is 3.87. The number of nitrogens with one attached hydrogen (secondary N) is 6. The fourth-order valence-electron chi connectivity index (χ4n) is 7.07. The minimum absolute atomic E-state index is 0.0317. The summed E-state index contributed by atoms with van der Waals surface area (Å²) in [6, 6.07) is 11.0. The van der Waals surface area contributed by atoms with Crippen LogP contribution in [0.5, 0.6) is 5.75 Å². The predicted molar refractivity (Wildman–Crippen MR) is 227 cm³/mol. The Kier molecular flexibility index (Phi) is 15.1. The van der Waals surface area contributed by atoms with E-state index < -0.39 is 72.2 Å². The third kappa shape index (κ3) is 11.7. The second-order valence-corrected chi connectivity index (χ2v) is 16.5. The Bertz CT molecular complexity index is 2140. The molecule has 60 heavy (non-hydrogen) atoms. The molecule has 3 heterocycles. The highest BCUT2D eigenvalue weighted by Gasteiger charge is 2.34. The first kappa shape index (κ1) is 44.9. The number of ether oxygens (including phenoxy) is 1. The maximum atomic E-state index is 14.4. The Labute approximate surface area is 350 Å². The number of hydrogen-bond acceptors (Lipinski definition) is 8. The summed E-state index contributed by atoms with van der Waals surface area (Å²) in [6.45, 7) is 12.3. The molecular formula is C44H59N9O7. The van der Waals surface area contributed by atoms with Crippen LogP contribution in [-0.4, -0.2) is 106 Å². The number of carbonyl (C=O) groups is 6. The van der Waals surface area contributed by atoms with Gasteiger partial charge in [0, 0.05) is 54.8 Å². The summed E-state index contributed by atoms with van der Waals surface area (Å²) in [5.74, 6) is -3.23. The van der Waals surface area contributed by atoms with E-state index in [9.17, 15) is 28.8 Å². The highest BCUT2D eigenvalue weighted by atomic mass is 16.5. The largest absolute Gasteiger partial charge is 0.497 e. The zero-order valence-corrected chi connectivity index (χ0v) is 35.7. The number of aromatic nitrogens is 3. The molecule has 0 aliphatic carbocycles. The van der Waals surface area contributed by atoms with Crippen LogP contribution in [0.15, 0.2) is 67.0 Å². The van der Waals surface area contributed by atoms with Crippen LogP contribution in [-0.2, 0) is 36.8 Å². The smallest absolute Gasteiger partial charge is 0.274 e. The number of H-pyrrole nitrogens is 1. The van der Waals surface area contributed by atoms with E-state index in [2.05, 4.69) is 36.7 Å². The average molecular weight is 826 g/mol. The Hall–Kier alpha value is -6.19. The highest BCUT2D eigenvalue weighted by molar-refractivity contribution is 5.98. The van der Waals surface area contributed by atoms with Gasteiger partial charge < -0.3 is 41.2 Å². The first-order valence-corrected chi connectivity index (χ1v) is 20.6. The molecule has 0 saturated carbocycles. The Balaban J connectivity index is 1.55. The number of carbonyl (C=O) groups excluding carboxylic acids is 6. The van der Waals surface area contributed by atoms with E-state index in [1.165, 1.54) is 11.8 Å². The first-order valence-electron chi connectivity index (χ1n) is 20.6. The number of benzene rings is 2. The van der Waals surface area contributed by atoms with Gasteiger partial charge in [-0.25, -0.2) is 0 Å². The molecule has 5 rings (SSSR count). The summed E-state index contributed by atoms with van der Waals surface area (Å²) in [7, 11) is 1.54. The van der Waals surface area contributed by atoms with E-state index in [0.717, 1.165) is 16.5 Å². The van der Waals surface area contributed by atoms with Gasteiger partial charge in [0.05, 0.1) is 13.7 Å². The Morgan fingerprint density at radius 2 is 1.43 bits per heavy atom. The number of hydrogen-bond donors (Lipinski definition) is 6. The van der Waals surface area contributed by atoms with Crippen molar-refractivity contribution in [2.75, 3.05) is 20.2 Å². The summed E-state index contributed by atoms with van der Waals surface area (Å²) < 4.78 is 6.93. The molecule has 2 aromatic carbocycles. The van der Waals surface area contributed by atoms with Crippen LogP contribution in [0.4, 0.5) is 0 Å². The Morgan fingerprint density at radius 3 is 2.08 bits per heavy atom. The predicted octanol–water partition coefficient (Wildman–Crippen LogP) is 3.04. The molecule has 1 saturated heterocycles. The molecule has 0 bridgehead atoms. The molecule has 6 amide bonds. The maximum Gasteiger partial charge on any atom is 0.274 e. The molecule has 4 aromatic rings. The van der Waals surface area contributed by atoms with E-state index in [4.69, 9.17) is 4.74 Å². The van der Waals surface area contributed by atoms with Crippen LogP contribution < -0.4 is 31.3 Å². The number of para-hydroxylation sites is 1. The molecule has 0 radical (unpaired) electrons. The molecule has 0 spiro atoms. The fourth-order valence-corrected chi connectivity index (χ4v) is 7.07. The summed E-state index contributed by atoms with van der Waals surface area (Å²) in [4.78, 5) is 89.3. The third-order valence-electron chi connectivity index (χ3n) is 10.6. The number of fused-ring (bicyclic) bond motifs is 1. The summed E-state index contributed by atoms with van der Waals surface area (Å²) in [5, 5.41) is 19.6. The summed E-state index contributed by atoms with van der Waals surface area (Å²) >= 11 is 0. The van der Waals surface area contributed by atoms with Gasteiger partial charge in [0.25, 0.3) is 5.91 Å². The number of aromatic amines is 1. The lowest BCUT2D eigenvalue weighted by Crippen LogP contribution is -2.60. The van der Waals surface area contributed by atoms with Crippen molar-refractivity contribution in [3.05, 3.63) is 83.8 Å². The second kappa shape index (κ2) is 20.2. The first-order chi connectivity index (χ1) is 28.5. The van der Waals surface area contributed by atoms with E-state index in [1.807, 2.05) is 65.8 Å². The van der Waals surface area contributed by atoms with Crippen molar-refractivity contribution >= 4 is 46.3 Å². The van der Waals surface area contributed by atoms with E-state index in [0.29, 0.717) is 11.3 Å². The fraction of sp³-hybridized carbons (Fsp3) is 0.477. The topological polar surface area (TPSA) is 209 Å². The zero-order valence-electron chi connectivity index (χ0n) is 35.7. The van der Waals surface area contributed by atoms with Crippen LogP contribution >= 0.6 is 0 Å². The monoisotopic (exact) mass is 825 g/mol. The molecular weight excluding hydrogens is 767 g/mol. The van der Waals surface area contributed by atoms with Gasteiger partial charge >= 0.3 is 0 Å². The lowest BCUT2D eigenvalue weighted by Gasteiger charge is -2.32. The van der Waals surface area contributed by atoms with Crippen molar-refractivity contribution in [1.82, 2.24) is 46.2 Å². The van der Waals surface area contributed by atoms with Crippen molar-refractivity contribution < 1.29 is 33.5 Å². The quantitative estimate of drug-likeness (QED) is 0.140. The van der Waals surface area contributed by atoms with Gasteiger partial charge in [0.2, 0.25) is 29.5 Å². The SMILES string of the molecule is COc1ccc(C[C@@H]2NC(=O)[C@H](CC(C)C)NC(=O)[C@@H](Cc3c[nH]c4ccccc34)NC(=O)CN(C(=O)c3ccn(C(C)C)n3)C[C@H](C(C)C)NC(=O)[C@@H](C)NC2=O)cc1. The van der Waals surface area contributed by atoms with Crippen molar-refractivity contribution in [2.24, 2.45) is 11.8 Å². The maximum absolute atomic E-state index is 14.4. The number of nitrogens with zero attached hydrogens (tertiary/aromatic N) is 3. The van der Waals surface area contributed by atoms with Crippen molar-refractivity contribution in [2.45, 2.75) is 104 Å². The number of methoxy groups -OCH3 is 1. The van der Waals surface area contributed by atoms with Gasteiger partial charge in [-0.15, -0.1) is 0 Å². The van der Waals surface area contributed by atoms with Gasteiger partial charge in [-0.1, -0.05) is 58.0 Å². The van der Waals surface area contributed by atoms with E-state index in [1.54, 1.807) is 54.5 Å². The van der Waals surface area contributed by atoms with Gasteiger partial charge in [0.1, 0.15) is 35.6 Å². The van der Waals surface area contributed by atoms with Crippen LogP contribution in [0, 0.1) is 11.8 Å². The van der Waals surface area contributed by atoms with Crippen LogP contribution in [0.2, 0.25) is 0 Å². The molecule has 0 unspecified atom stereocenters. The lowest BCUT2D eigenvalue weighted by atomic mass is 9.99. The molecule has 16 nitrogen and oxygen atoms in total. The highest BCUT2D eigenvalue weighted by Crippen LogP contribution is 2.20. The molecule has 2 aromatic heterocycles. The molecule has 322 valence electrons. The number of amides is 6. The van der Waals surface area contributed by atoms with Crippen LogP contribution in [0.25, 0.3) is 10.9 Å². The van der Waals surface area contributed by atoms with Crippen molar-refractivity contribution in [3.8, 4) is 5.75 Å². The van der Waals surface area contributed by atoms with E-state index in [-0.39, 0.29) is 49.4 Å². The normalized spacial score (nSPS) is 21.6. The second-order valence-electron chi connectivity index (χ2n) is 16.5. The molecule has 5 atom stereocenters. The van der Waals surface area contributed by atoms with Crippen molar-refractivity contribution in [3.63, 3.8) is 0 Å². The lowest BCUT2D eigenvalue weighted by molar-refractivity contribution is -0.135. The van der Waals surface area contributed by atoms with Gasteiger partial charge in [0.15, 0.2) is 0 Å². The molecule has 1 fully saturated rings. The van der Waals surface area contributed by atoms with Gasteiger partial charge in [-0.2, -0.15) is 5.10 Å². The minimum Gasteiger partial charge on any atom is -0.497 e. The van der Waals surface area contributed by atoms with Crippen LogP contribution in [0.1, 0.15) is 82.5 Å². The van der Waals surface area contributed by atoms with E-state index >= 15 is 0 Å². The Morgan fingerprint density at radius 1 is 0.783 bits per heavy atom.